The lowest BCUT2D eigenvalue weighted by atomic mass is 9.57. The fraction of sp³-hybridized carbons (Fsp3) is 0.538. The van der Waals surface area contributed by atoms with Gasteiger partial charge in [-0.15, -0.1) is 0 Å². The summed E-state index contributed by atoms with van der Waals surface area (Å²) in [6, 6.07) is 0. The molecule has 0 heterocycles. The van der Waals surface area contributed by atoms with E-state index in [1.165, 1.54) is 18.4 Å². The molecule has 0 amide bonds. The maximum Gasteiger partial charge on any atom is 0.117 e. The van der Waals surface area contributed by atoms with Crippen molar-refractivity contribution in [1.82, 2.24) is 5.32 Å². The van der Waals surface area contributed by atoms with Crippen molar-refractivity contribution in [2.75, 3.05) is 6.73 Å². The topological polar surface area (TPSA) is 21.3 Å². The molecule has 15 heavy (non-hydrogen) atoms. The summed E-state index contributed by atoms with van der Waals surface area (Å²) in [5.74, 6) is 0.684. The first-order valence-electron chi connectivity index (χ1n) is 5.54. The predicted octanol–water partition coefficient (Wildman–Crippen LogP) is 2.75. The SMILES string of the molecule is C=C/C(C)=C\NCOC12CC[C@@H]1C=C2C. The number of ether oxygens (including phenoxy) is 1. The van der Waals surface area contributed by atoms with E-state index in [-0.39, 0.29) is 5.60 Å². The average Bonchev–Trinajstić information content (AvgIpc) is 2.24. The molecule has 1 unspecified atom stereocenters. The van der Waals surface area contributed by atoms with Gasteiger partial charge in [-0.05, 0) is 37.8 Å². The molecule has 82 valence electrons. The Morgan fingerprint density at radius 2 is 2.60 bits per heavy atom. The smallest absolute Gasteiger partial charge is 0.117 e. The van der Waals surface area contributed by atoms with Gasteiger partial charge in [0.1, 0.15) is 6.73 Å². The lowest BCUT2D eigenvalue weighted by molar-refractivity contribution is -0.125. The van der Waals surface area contributed by atoms with Crippen molar-refractivity contribution in [3.05, 3.63) is 36.1 Å². The number of fused-ring (bicyclic) bond motifs is 1. The Hall–Kier alpha value is -1.02. The minimum atomic E-state index is 0.100. The van der Waals surface area contributed by atoms with E-state index < -0.39 is 0 Å². The molecule has 0 spiro atoms. The van der Waals surface area contributed by atoms with Gasteiger partial charge in [0.05, 0.1) is 5.60 Å². The minimum absolute atomic E-state index is 0.100. The number of hydrogen-bond donors (Lipinski definition) is 1. The van der Waals surface area contributed by atoms with E-state index in [0.717, 1.165) is 5.57 Å². The molecule has 1 saturated carbocycles. The average molecular weight is 205 g/mol. The van der Waals surface area contributed by atoms with Crippen LogP contribution in [-0.2, 0) is 4.74 Å². The second-order valence-electron chi connectivity index (χ2n) is 4.47. The van der Waals surface area contributed by atoms with Gasteiger partial charge in [-0.3, -0.25) is 0 Å². The second kappa shape index (κ2) is 3.86. The van der Waals surface area contributed by atoms with Crippen LogP contribution in [0.25, 0.3) is 0 Å². The number of rotatable bonds is 5. The fourth-order valence-corrected chi connectivity index (χ4v) is 2.35. The third-order valence-corrected chi connectivity index (χ3v) is 3.61. The summed E-state index contributed by atoms with van der Waals surface area (Å²) < 4.78 is 5.91. The Morgan fingerprint density at radius 1 is 1.80 bits per heavy atom. The Bertz CT molecular complexity index is 329. The molecule has 2 heteroatoms. The van der Waals surface area contributed by atoms with Crippen molar-refractivity contribution in [1.29, 1.82) is 0 Å². The van der Waals surface area contributed by atoms with Gasteiger partial charge in [-0.1, -0.05) is 18.7 Å². The molecule has 1 fully saturated rings. The van der Waals surface area contributed by atoms with Gasteiger partial charge in [0, 0.05) is 12.1 Å². The molecule has 0 bridgehead atoms. The van der Waals surface area contributed by atoms with Gasteiger partial charge in [-0.2, -0.15) is 0 Å². The lowest BCUT2D eigenvalue weighted by Gasteiger charge is -2.55. The summed E-state index contributed by atoms with van der Waals surface area (Å²) in [4.78, 5) is 0. The van der Waals surface area contributed by atoms with E-state index in [4.69, 9.17) is 4.74 Å². The molecule has 1 N–H and O–H groups in total. The van der Waals surface area contributed by atoms with Gasteiger partial charge in [0.25, 0.3) is 0 Å². The molecule has 2 nitrogen and oxygen atoms in total. The summed E-state index contributed by atoms with van der Waals surface area (Å²) in [5.41, 5.74) is 2.63. The van der Waals surface area contributed by atoms with Crippen LogP contribution < -0.4 is 5.32 Å². The summed E-state index contributed by atoms with van der Waals surface area (Å²) in [6.45, 7) is 8.46. The molecular weight excluding hydrogens is 186 g/mol. The van der Waals surface area contributed by atoms with E-state index >= 15 is 0 Å². The molecule has 2 aliphatic carbocycles. The van der Waals surface area contributed by atoms with E-state index in [1.807, 2.05) is 19.2 Å². The number of nitrogens with one attached hydrogen (secondary N) is 1. The summed E-state index contributed by atoms with van der Waals surface area (Å²) in [5, 5.41) is 3.15. The van der Waals surface area contributed by atoms with Crippen LogP contribution in [0.15, 0.2) is 36.1 Å². The van der Waals surface area contributed by atoms with Crippen molar-refractivity contribution in [3.63, 3.8) is 0 Å². The van der Waals surface area contributed by atoms with E-state index in [1.54, 1.807) is 0 Å². The summed E-state index contributed by atoms with van der Waals surface area (Å²) in [7, 11) is 0. The first-order chi connectivity index (χ1) is 7.19. The summed E-state index contributed by atoms with van der Waals surface area (Å²) in [6.07, 6.45) is 8.57. The Labute approximate surface area is 91.7 Å². The predicted molar refractivity (Wildman–Crippen MR) is 62.3 cm³/mol. The van der Waals surface area contributed by atoms with Gasteiger partial charge in [0.15, 0.2) is 0 Å². The monoisotopic (exact) mass is 205 g/mol. The highest BCUT2D eigenvalue weighted by Gasteiger charge is 2.54. The van der Waals surface area contributed by atoms with Crippen LogP contribution in [-0.4, -0.2) is 12.3 Å². The third kappa shape index (κ3) is 1.63. The first kappa shape index (κ1) is 10.5. The van der Waals surface area contributed by atoms with Crippen LogP contribution in [0.5, 0.6) is 0 Å². The summed E-state index contributed by atoms with van der Waals surface area (Å²) >= 11 is 0. The third-order valence-electron chi connectivity index (χ3n) is 3.61. The fourth-order valence-electron chi connectivity index (χ4n) is 2.35. The number of hydrogen-bond acceptors (Lipinski definition) is 2. The number of allylic oxidation sites excluding steroid dienone is 2. The largest absolute Gasteiger partial charge is 0.368 e. The van der Waals surface area contributed by atoms with Gasteiger partial charge in [0.2, 0.25) is 0 Å². The molecule has 0 radical (unpaired) electrons. The Kier molecular flexibility index (Phi) is 2.70. The van der Waals surface area contributed by atoms with E-state index in [2.05, 4.69) is 24.9 Å². The van der Waals surface area contributed by atoms with Crippen LogP contribution >= 0.6 is 0 Å². The van der Waals surface area contributed by atoms with Crippen molar-refractivity contribution < 1.29 is 4.74 Å². The van der Waals surface area contributed by atoms with E-state index in [0.29, 0.717) is 12.6 Å². The zero-order valence-corrected chi connectivity index (χ0v) is 9.55. The van der Waals surface area contributed by atoms with Gasteiger partial charge >= 0.3 is 0 Å². The zero-order valence-electron chi connectivity index (χ0n) is 9.55. The van der Waals surface area contributed by atoms with Gasteiger partial charge < -0.3 is 10.1 Å². The van der Waals surface area contributed by atoms with Crippen molar-refractivity contribution >= 4 is 0 Å². The van der Waals surface area contributed by atoms with Crippen molar-refractivity contribution in [3.8, 4) is 0 Å². The second-order valence-corrected chi connectivity index (χ2v) is 4.47. The Balaban J connectivity index is 1.76. The normalized spacial score (nSPS) is 33.3. The van der Waals surface area contributed by atoms with Crippen LogP contribution in [0, 0.1) is 5.92 Å². The quantitative estimate of drug-likeness (QED) is 0.322. The minimum Gasteiger partial charge on any atom is -0.368 e. The Morgan fingerprint density at radius 3 is 3.07 bits per heavy atom. The lowest BCUT2D eigenvalue weighted by Crippen LogP contribution is -2.56. The van der Waals surface area contributed by atoms with Gasteiger partial charge in [-0.25, -0.2) is 0 Å². The van der Waals surface area contributed by atoms with Crippen LogP contribution in [0.1, 0.15) is 26.7 Å². The van der Waals surface area contributed by atoms with Crippen molar-refractivity contribution in [2.24, 2.45) is 5.92 Å². The maximum absolute atomic E-state index is 5.91. The first-order valence-corrected chi connectivity index (χ1v) is 5.54. The molecule has 2 aliphatic rings. The molecule has 0 aromatic heterocycles. The molecule has 2 atom stereocenters. The molecular formula is C13H19NO. The van der Waals surface area contributed by atoms with E-state index in [9.17, 15) is 0 Å². The molecule has 0 aliphatic heterocycles. The standard InChI is InChI=1S/C13H19NO/c1-4-10(2)8-14-9-15-13-6-5-12(13)7-11(13)3/h4,7-8,12,14H,1,5-6,9H2,2-3H3/b10-8-/t12-,13?/m1/s1. The highest BCUT2D eigenvalue weighted by atomic mass is 16.5. The van der Waals surface area contributed by atoms with Crippen LogP contribution in [0.3, 0.4) is 0 Å². The highest BCUT2D eigenvalue weighted by molar-refractivity contribution is 5.36. The maximum atomic E-state index is 5.91. The molecule has 0 saturated heterocycles. The molecule has 2 rings (SSSR count). The van der Waals surface area contributed by atoms with Crippen LogP contribution in [0.4, 0.5) is 0 Å². The molecule has 0 aromatic carbocycles. The molecule has 0 aromatic rings. The van der Waals surface area contributed by atoms with Crippen molar-refractivity contribution in [2.45, 2.75) is 32.3 Å². The van der Waals surface area contributed by atoms with Crippen LogP contribution in [0.2, 0.25) is 0 Å². The highest BCUT2D eigenvalue weighted by Crippen LogP contribution is 2.55. The zero-order chi connectivity index (χ0) is 10.9.